The minimum atomic E-state index is 0.584. The monoisotopic (exact) mass is 253 g/mol. The van der Waals surface area contributed by atoms with Gasteiger partial charge in [0, 0.05) is 23.2 Å². The molecule has 0 radical (unpaired) electrons. The molecule has 0 aromatic heterocycles. The third-order valence-electron chi connectivity index (χ3n) is 2.88. The molecule has 0 aliphatic carbocycles. The van der Waals surface area contributed by atoms with Crippen LogP contribution in [0.3, 0.4) is 0 Å². The second kappa shape index (κ2) is 7.62. The van der Waals surface area contributed by atoms with Crippen LogP contribution in [0.25, 0.3) is 0 Å². The molecule has 1 unspecified atom stereocenters. The van der Waals surface area contributed by atoms with E-state index in [1.54, 1.807) is 7.11 Å². The van der Waals surface area contributed by atoms with Crippen molar-refractivity contribution in [1.82, 2.24) is 5.32 Å². The molecule has 1 rings (SSSR count). The highest BCUT2D eigenvalue weighted by Crippen LogP contribution is 2.22. The summed E-state index contributed by atoms with van der Waals surface area (Å²) < 4.78 is 5.20. The van der Waals surface area contributed by atoms with Gasteiger partial charge in [0.15, 0.2) is 0 Å². The van der Waals surface area contributed by atoms with E-state index in [1.165, 1.54) is 4.90 Å². The van der Waals surface area contributed by atoms with Gasteiger partial charge in [-0.05, 0) is 31.0 Å². The van der Waals surface area contributed by atoms with Crippen molar-refractivity contribution in [3.05, 3.63) is 24.3 Å². The molecule has 0 aliphatic rings. The highest BCUT2D eigenvalue weighted by molar-refractivity contribution is 7.99. The van der Waals surface area contributed by atoms with Crippen LogP contribution in [0.5, 0.6) is 5.75 Å². The van der Waals surface area contributed by atoms with E-state index in [9.17, 15) is 0 Å². The standard InChI is InChI=1S/C14H23NOS/c1-11(2)12(3)15-8-9-17-14-7-5-6-13(10-14)16-4/h5-7,10-12,15H,8-9H2,1-4H3. The van der Waals surface area contributed by atoms with E-state index in [0.717, 1.165) is 18.0 Å². The first-order valence-corrected chi connectivity index (χ1v) is 7.12. The summed E-state index contributed by atoms with van der Waals surface area (Å²) in [6.07, 6.45) is 0. The molecule has 1 aromatic rings. The summed E-state index contributed by atoms with van der Waals surface area (Å²) in [4.78, 5) is 1.27. The molecule has 17 heavy (non-hydrogen) atoms. The van der Waals surface area contributed by atoms with Crippen LogP contribution in [0, 0.1) is 5.92 Å². The lowest BCUT2D eigenvalue weighted by atomic mass is 10.1. The number of benzene rings is 1. The zero-order valence-corrected chi connectivity index (χ0v) is 12.0. The van der Waals surface area contributed by atoms with Crippen LogP contribution in [-0.4, -0.2) is 25.4 Å². The smallest absolute Gasteiger partial charge is 0.119 e. The average molecular weight is 253 g/mol. The van der Waals surface area contributed by atoms with Crippen LogP contribution in [0.15, 0.2) is 29.2 Å². The van der Waals surface area contributed by atoms with Crippen LogP contribution in [0.2, 0.25) is 0 Å². The van der Waals surface area contributed by atoms with Gasteiger partial charge in [0.2, 0.25) is 0 Å². The van der Waals surface area contributed by atoms with E-state index in [1.807, 2.05) is 23.9 Å². The van der Waals surface area contributed by atoms with Crippen LogP contribution < -0.4 is 10.1 Å². The van der Waals surface area contributed by atoms with Crippen molar-refractivity contribution in [2.75, 3.05) is 19.4 Å². The molecule has 0 fully saturated rings. The van der Waals surface area contributed by atoms with Crippen molar-refractivity contribution in [2.45, 2.75) is 31.7 Å². The van der Waals surface area contributed by atoms with Crippen LogP contribution in [0.1, 0.15) is 20.8 Å². The van der Waals surface area contributed by atoms with E-state index < -0.39 is 0 Å². The summed E-state index contributed by atoms with van der Waals surface area (Å²) in [6, 6.07) is 8.80. The SMILES string of the molecule is COc1cccc(SCCNC(C)C(C)C)c1. The minimum absolute atomic E-state index is 0.584. The molecular weight excluding hydrogens is 230 g/mol. The van der Waals surface area contributed by atoms with Crippen molar-refractivity contribution < 1.29 is 4.74 Å². The Morgan fingerprint density at radius 2 is 2.06 bits per heavy atom. The molecular formula is C14H23NOS. The number of methoxy groups -OCH3 is 1. The number of thioether (sulfide) groups is 1. The van der Waals surface area contributed by atoms with Gasteiger partial charge in [0.05, 0.1) is 7.11 Å². The molecule has 1 N–H and O–H groups in total. The second-order valence-corrected chi connectivity index (χ2v) is 5.68. The van der Waals surface area contributed by atoms with Gasteiger partial charge in [-0.3, -0.25) is 0 Å². The molecule has 0 bridgehead atoms. The third-order valence-corrected chi connectivity index (χ3v) is 3.87. The number of ether oxygens (including phenoxy) is 1. The highest BCUT2D eigenvalue weighted by Gasteiger charge is 2.05. The second-order valence-electron chi connectivity index (χ2n) is 4.51. The Morgan fingerprint density at radius 1 is 1.29 bits per heavy atom. The van der Waals surface area contributed by atoms with E-state index in [2.05, 4.69) is 38.2 Å². The summed E-state index contributed by atoms with van der Waals surface area (Å²) in [5, 5.41) is 3.53. The molecule has 2 nitrogen and oxygen atoms in total. The first-order chi connectivity index (χ1) is 8.13. The Morgan fingerprint density at radius 3 is 2.71 bits per heavy atom. The first kappa shape index (κ1) is 14.4. The Bertz CT molecular complexity index is 328. The summed E-state index contributed by atoms with van der Waals surface area (Å²) in [5.41, 5.74) is 0. The fraction of sp³-hybridized carbons (Fsp3) is 0.571. The number of hydrogen-bond donors (Lipinski definition) is 1. The fourth-order valence-corrected chi connectivity index (χ4v) is 2.21. The zero-order chi connectivity index (χ0) is 12.7. The van der Waals surface area contributed by atoms with Crippen LogP contribution in [-0.2, 0) is 0 Å². The van der Waals surface area contributed by atoms with Gasteiger partial charge in [-0.1, -0.05) is 19.9 Å². The largest absolute Gasteiger partial charge is 0.497 e. The van der Waals surface area contributed by atoms with Crippen LogP contribution in [0.4, 0.5) is 0 Å². The van der Waals surface area contributed by atoms with Gasteiger partial charge >= 0.3 is 0 Å². The Balaban J connectivity index is 2.26. The molecule has 0 saturated carbocycles. The molecule has 3 heteroatoms. The Hall–Kier alpha value is -0.670. The van der Waals surface area contributed by atoms with Crippen molar-refractivity contribution in [3.8, 4) is 5.75 Å². The minimum Gasteiger partial charge on any atom is -0.497 e. The molecule has 0 spiro atoms. The average Bonchev–Trinajstić information content (AvgIpc) is 2.34. The quantitative estimate of drug-likeness (QED) is 0.594. The van der Waals surface area contributed by atoms with E-state index in [-0.39, 0.29) is 0 Å². The van der Waals surface area contributed by atoms with Crippen molar-refractivity contribution >= 4 is 11.8 Å². The topological polar surface area (TPSA) is 21.3 Å². The molecule has 1 aromatic carbocycles. The predicted molar refractivity (Wildman–Crippen MR) is 76.0 cm³/mol. The van der Waals surface area contributed by atoms with Crippen molar-refractivity contribution in [3.63, 3.8) is 0 Å². The lowest BCUT2D eigenvalue weighted by Crippen LogP contribution is -2.32. The van der Waals surface area contributed by atoms with E-state index >= 15 is 0 Å². The predicted octanol–water partition coefficient (Wildman–Crippen LogP) is 3.42. The van der Waals surface area contributed by atoms with Crippen LogP contribution >= 0.6 is 11.8 Å². The van der Waals surface area contributed by atoms with Gasteiger partial charge in [-0.25, -0.2) is 0 Å². The first-order valence-electron chi connectivity index (χ1n) is 6.13. The molecule has 1 atom stereocenters. The number of rotatable bonds is 7. The molecule has 96 valence electrons. The molecule has 0 amide bonds. The summed E-state index contributed by atoms with van der Waals surface area (Å²) in [5.74, 6) is 2.71. The van der Waals surface area contributed by atoms with Gasteiger partial charge in [-0.2, -0.15) is 0 Å². The van der Waals surface area contributed by atoms with Gasteiger partial charge in [-0.15, -0.1) is 11.8 Å². The van der Waals surface area contributed by atoms with E-state index in [4.69, 9.17) is 4.74 Å². The Labute approximate surface area is 109 Å². The maximum atomic E-state index is 5.20. The number of nitrogens with one attached hydrogen (secondary N) is 1. The van der Waals surface area contributed by atoms with E-state index in [0.29, 0.717) is 12.0 Å². The lowest BCUT2D eigenvalue weighted by Gasteiger charge is -2.17. The van der Waals surface area contributed by atoms with Crippen molar-refractivity contribution in [2.24, 2.45) is 5.92 Å². The molecule has 0 heterocycles. The normalized spacial score (nSPS) is 12.8. The van der Waals surface area contributed by atoms with Gasteiger partial charge in [0.25, 0.3) is 0 Å². The van der Waals surface area contributed by atoms with Gasteiger partial charge < -0.3 is 10.1 Å². The molecule has 0 aliphatic heterocycles. The summed E-state index contributed by atoms with van der Waals surface area (Å²) in [7, 11) is 1.70. The third kappa shape index (κ3) is 5.46. The maximum absolute atomic E-state index is 5.20. The number of hydrogen-bond acceptors (Lipinski definition) is 3. The lowest BCUT2D eigenvalue weighted by molar-refractivity contribution is 0.413. The van der Waals surface area contributed by atoms with Gasteiger partial charge in [0.1, 0.15) is 5.75 Å². The fourth-order valence-electron chi connectivity index (χ4n) is 1.38. The zero-order valence-electron chi connectivity index (χ0n) is 11.2. The summed E-state index contributed by atoms with van der Waals surface area (Å²) in [6.45, 7) is 7.77. The highest BCUT2D eigenvalue weighted by atomic mass is 32.2. The summed E-state index contributed by atoms with van der Waals surface area (Å²) >= 11 is 1.86. The molecule has 0 saturated heterocycles. The maximum Gasteiger partial charge on any atom is 0.119 e. The van der Waals surface area contributed by atoms with Crippen molar-refractivity contribution in [1.29, 1.82) is 0 Å². The Kier molecular flexibility index (Phi) is 6.45.